The fraction of sp³-hybridized carbons (Fsp3) is 0.500. The van der Waals surface area contributed by atoms with Crippen LogP contribution in [0.15, 0.2) is 23.0 Å². The summed E-state index contributed by atoms with van der Waals surface area (Å²) >= 11 is 1.91. The second-order valence-electron chi connectivity index (χ2n) is 5.38. The van der Waals surface area contributed by atoms with Gasteiger partial charge < -0.3 is 9.84 Å². The average Bonchev–Trinajstić information content (AvgIpc) is 3.08. The molecule has 1 saturated heterocycles. The summed E-state index contributed by atoms with van der Waals surface area (Å²) in [5.74, 6) is 3.08. The second-order valence-corrected chi connectivity index (χ2v) is 6.53. The zero-order chi connectivity index (χ0) is 15.5. The first-order chi connectivity index (χ1) is 10.6. The normalized spacial score (nSPS) is 19.3. The quantitative estimate of drug-likeness (QED) is 0.918. The van der Waals surface area contributed by atoms with E-state index in [1.165, 1.54) is 0 Å². The zero-order valence-electron chi connectivity index (χ0n) is 12.7. The van der Waals surface area contributed by atoms with Gasteiger partial charge in [0, 0.05) is 49.0 Å². The zero-order valence-corrected chi connectivity index (χ0v) is 13.5. The predicted octanol–water partition coefficient (Wildman–Crippen LogP) is 1.45. The Kier molecular flexibility index (Phi) is 4.49. The van der Waals surface area contributed by atoms with Crippen molar-refractivity contribution in [2.24, 2.45) is 7.05 Å². The van der Waals surface area contributed by atoms with E-state index in [1.807, 2.05) is 31.2 Å². The molecule has 1 fully saturated rings. The molecular weight excluding hydrogens is 302 g/mol. The van der Waals surface area contributed by atoms with Crippen molar-refractivity contribution >= 4 is 23.5 Å². The smallest absolute Gasteiger partial charge is 0.239 e. The Labute approximate surface area is 133 Å². The Morgan fingerprint density at radius 3 is 3.14 bits per heavy atom. The monoisotopic (exact) mass is 321 g/mol. The number of hydrogen-bond acceptors (Lipinski definition) is 6. The Morgan fingerprint density at radius 2 is 2.45 bits per heavy atom. The maximum Gasteiger partial charge on any atom is 0.239 e. The second kappa shape index (κ2) is 6.53. The van der Waals surface area contributed by atoms with E-state index in [-0.39, 0.29) is 11.9 Å². The predicted molar refractivity (Wildman–Crippen MR) is 84.7 cm³/mol. The largest absolute Gasteiger partial charge is 0.360 e. The van der Waals surface area contributed by atoms with E-state index < -0.39 is 0 Å². The molecule has 0 saturated carbocycles. The molecule has 1 N–H and O–H groups in total. The SMILES string of the molecule is Cc1cc(NC(=O)CN2CCSCC2c2cnn(C)c2)no1. The highest BCUT2D eigenvalue weighted by Crippen LogP contribution is 2.28. The van der Waals surface area contributed by atoms with Crippen LogP contribution in [0.5, 0.6) is 0 Å². The molecule has 2 aromatic heterocycles. The number of nitrogens with one attached hydrogen (secondary N) is 1. The van der Waals surface area contributed by atoms with Crippen LogP contribution in [0.1, 0.15) is 17.4 Å². The number of rotatable bonds is 4. The van der Waals surface area contributed by atoms with E-state index in [1.54, 1.807) is 17.7 Å². The van der Waals surface area contributed by atoms with Crippen LogP contribution < -0.4 is 5.32 Å². The topological polar surface area (TPSA) is 76.2 Å². The van der Waals surface area contributed by atoms with Gasteiger partial charge in [-0.3, -0.25) is 14.4 Å². The minimum absolute atomic E-state index is 0.0749. The highest BCUT2D eigenvalue weighted by atomic mass is 32.2. The van der Waals surface area contributed by atoms with Gasteiger partial charge in [-0.25, -0.2) is 0 Å². The van der Waals surface area contributed by atoms with E-state index >= 15 is 0 Å². The van der Waals surface area contributed by atoms with Gasteiger partial charge in [-0.15, -0.1) is 0 Å². The van der Waals surface area contributed by atoms with E-state index in [4.69, 9.17) is 4.52 Å². The number of thioether (sulfide) groups is 1. The minimum Gasteiger partial charge on any atom is -0.360 e. The standard InChI is InChI=1S/C14H19N5O2S/c1-10-5-13(17-21-10)16-14(20)8-19-3-4-22-9-12(19)11-6-15-18(2)7-11/h5-7,12H,3-4,8-9H2,1-2H3,(H,16,17,20). The van der Waals surface area contributed by atoms with Crippen LogP contribution in [-0.2, 0) is 11.8 Å². The van der Waals surface area contributed by atoms with Crippen molar-refractivity contribution < 1.29 is 9.32 Å². The van der Waals surface area contributed by atoms with Crippen molar-refractivity contribution in [2.75, 3.05) is 29.9 Å². The van der Waals surface area contributed by atoms with Crippen LogP contribution in [0.2, 0.25) is 0 Å². The first-order valence-electron chi connectivity index (χ1n) is 7.15. The number of aromatic nitrogens is 3. The summed E-state index contributed by atoms with van der Waals surface area (Å²) in [6, 6.07) is 1.93. The van der Waals surface area contributed by atoms with Gasteiger partial charge in [0.1, 0.15) is 5.76 Å². The molecule has 0 radical (unpaired) electrons. The fourth-order valence-corrected chi connectivity index (χ4v) is 3.70. The third-order valence-corrected chi connectivity index (χ3v) is 4.61. The van der Waals surface area contributed by atoms with Gasteiger partial charge >= 0.3 is 0 Å². The number of anilines is 1. The minimum atomic E-state index is -0.0749. The van der Waals surface area contributed by atoms with Crippen LogP contribution in [0, 0.1) is 6.92 Å². The highest BCUT2D eigenvalue weighted by molar-refractivity contribution is 7.99. The fourth-order valence-electron chi connectivity index (χ4n) is 2.54. The lowest BCUT2D eigenvalue weighted by Crippen LogP contribution is -2.41. The van der Waals surface area contributed by atoms with E-state index in [9.17, 15) is 4.79 Å². The molecule has 0 aromatic carbocycles. The Hall–Kier alpha value is -1.80. The molecule has 0 bridgehead atoms. The number of amides is 1. The first kappa shape index (κ1) is 15.1. The number of carbonyl (C=O) groups excluding carboxylic acids is 1. The number of carbonyl (C=O) groups is 1. The van der Waals surface area contributed by atoms with Gasteiger partial charge in [0.15, 0.2) is 5.82 Å². The summed E-state index contributed by atoms with van der Waals surface area (Å²) < 4.78 is 6.75. The average molecular weight is 321 g/mol. The van der Waals surface area contributed by atoms with Crippen LogP contribution in [0.25, 0.3) is 0 Å². The van der Waals surface area contributed by atoms with Gasteiger partial charge in [-0.2, -0.15) is 16.9 Å². The van der Waals surface area contributed by atoms with Crippen LogP contribution in [0.4, 0.5) is 5.82 Å². The molecule has 0 aliphatic carbocycles. The molecular formula is C14H19N5O2S. The summed E-state index contributed by atoms with van der Waals surface area (Å²) in [5.41, 5.74) is 1.15. The Morgan fingerprint density at radius 1 is 1.59 bits per heavy atom. The number of hydrogen-bond donors (Lipinski definition) is 1. The van der Waals surface area contributed by atoms with Gasteiger partial charge in [0.2, 0.25) is 5.91 Å². The molecule has 1 aliphatic rings. The molecule has 1 aliphatic heterocycles. The van der Waals surface area contributed by atoms with Gasteiger partial charge in [-0.1, -0.05) is 5.16 Å². The van der Waals surface area contributed by atoms with Crippen molar-refractivity contribution in [1.82, 2.24) is 19.8 Å². The van der Waals surface area contributed by atoms with E-state index in [0.717, 1.165) is 23.6 Å². The maximum atomic E-state index is 12.2. The van der Waals surface area contributed by atoms with E-state index in [0.29, 0.717) is 18.1 Å². The van der Waals surface area contributed by atoms with Gasteiger partial charge in [0.05, 0.1) is 12.7 Å². The molecule has 1 amide bonds. The lowest BCUT2D eigenvalue weighted by Gasteiger charge is -2.34. The van der Waals surface area contributed by atoms with Crippen LogP contribution in [0.3, 0.4) is 0 Å². The lowest BCUT2D eigenvalue weighted by atomic mass is 10.1. The summed E-state index contributed by atoms with van der Waals surface area (Å²) in [6.07, 6.45) is 3.89. The molecule has 22 heavy (non-hydrogen) atoms. The van der Waals surface area contributed by atoms with Gasteiger partial charge in [0.25, 0.3) is 0 Å². The van der Waals surface area contributed by atoms with Crippen molar-refractivity contribution in [3.05, 3.63) is 29.8 Å². The summed E-state index contributed by atoms with van der Waals surface area (Å²) in [7, 11) is 1.91. The molecule has 3 rings (SSSR count). The van der Waals surface area contributed by atoms with Gasteiger partial charge in [-0.05, 0) is 6.92 Å². The Bertz CT molecular complexity index is 653. The molecule has 7 nitrogen and oxygen atoms in total. The van der Waals surface area contributed by atoms with Crippen molar-refractivity contribution in [2.45, 2.75) is 13.0 Å². The number of nitrogens with zero attached hydrogens (tertiary/aromatic N) is 4. The molecule has 0 spiro atoms. The molecule has 2 aromatic rings. The third kappa shape index (κ3) is 3.50. The van der Waals surface area contributed by atoms with Crippen molar-refractivity contribution in [3.8, 4) is 0 Å². The number of aryl methyl sites for hydroxylation is 2. The lowest BCUT2D eigenvalue weighted by molar-refractivity contribution is -0.117. The molecule has 3 heterocycles. The van der Waals surface area contributed by atoms with Crippen LogP contribution in [-0.4, -0.2) is 50.3 Å². The summed E-state index contributed by atoms with van der Waals surface area (Å²) in [4.78, 5) is 14.4. The highest BCUT2D eigenvalue weighted by Gasteiger charge is 2.27. The molecule has 8 heteroatoms. The van der Waals surface area contributed by atoms with Crippen molar-refractivity contribution in [3.63, 3.8) is 0 Å². The maximum absolute atomic E-state index is 12.2. The first-order valence-corrected chi connectivity index (χ1v) is 8.31. The van der Waals surface area contributed by atoms with E-state index in [2.05, 4.69) is 20.5 Å². The summed E-state index contributed by atoms with van der Waals surface area (Å²) in [5, 5.41) is 10.8. The van der Waals surface area contributed by atoms with Crippen molar-refractivity contribution in [1.29, 1.82) is 0 Å². The molecule has 118 valence electrons. The summed E-state index contributed by atoms with van der Waals surface area (Å²) in [6.45, 7) is 3.02. The Balaban J connectivity index is 1.64. The molecule has 1 unspecified atom stereocenters. The molecule has 1 atom stereocenters. The third-order valence-electron chi connectivity index (χ3n) is 3.59. The van der Waals surface area contributed by atoms with Crippen LogP contribution >= 0.6 is 11.8 Å².